The van der Waals surface area contributed by atoms with Gasteiger partial charge in [0.05, 0.1) is 5.69 Å². The SMILES string of the molecule is CCn1nc(C)cc1CCCBr. The monoisotopic (exact) mass is 230 g/mol. The highest BCUT2D eigenvalue weighted by Gasteiger charge is 2.02. The zero-order valence-electron chi connectivity index (χ0n) is 7.68. The number of alkyl halides is 1. The molecule has 3 heteroatoms. The van der Waals surface area contributed by atoms with Crippen molar-refractivity contribution in [2.24, 2.45) is 0 Å². The predicted octanol–water partition coefficient (Wildman–Crippen LogP) is 2.54. The minimum Gasteiger partial charge on any atom is -0.270 e. The number of nitrogens with zero attached hydrogens (tertiary/aromatic N) is 2. The van der Waals surface area contributed by atoms with Crippen molar-refractivity contribution in [2.45, 2.75) is 33.2 Å². The lowest BCUT2D eigenvalue weighted by molar-refractivity contribution is 0.613. The Morgan fingerprint density at radius 3 is 2.92 bits per heavy atom. The number of rotatable bonds is 4. The summed E-state index contributed by atoms with van der Waals surface area (Å²) < 4.78 is 2.08. The van der Waals surface area contributed by atoms with E-state index in [1.165, 1.54) is 12.1 Å². The molecule has 1 rings (SSSR count). The topological polar surface area (TPSA) is 17.8 Å². The molecule has 0 aromatic carbocycles. The van der Waals surface area contributed by atoms with E-state index in [-0.39, 0.29) is 0 Å². The Morgan fingerprint density at radius 1 is 1.58 bits per heavy atom. The lowest BCUT2D eigenvalue weighted by atomic mass is 10.2. The molecule has 0 atom stereocenters. The molecule has 0 aliphatic rings. The first kappa shape index (κ1) is 9.78. The molecule has 0 saturated carbocycles. The summed E-state index contributed by atoms with van der Waals surface area (Å²) in [6, 6.07) is 2.17. The standard InChI is InChI=1S/C9H15BrN2/c1-3-12-9(5-4-6-10)7-8(2)11-12/h7H,3-6H2,1-2H3. The van der Waals surface area contributed by atoms with Crippen LogP contribution in [0.3, 0.4) is 0 Å². The molecule has 0 saturated heterocycles. The molecule has 0 spiro atoms. The van der Waals surface area contributed by atoms with Crippen LogP contribution in [0.25, 0.3) is 0 Å². The van der Waals surface area contributed by atoms with Crippen LogP contribution < -0.4 is 0 Å². The summed E-state index contributed by atoms with van der Waals surface area (Å²) in [4.78, 5) is 0. The van der Waals surface area contributed by atoms with E-state index < -0.39 is 0 Å². The van der Waals surface area contributed by atoms with Gasteiger partial charge in [0.1, 0.15) is 0 Å². The van der Waals surface area contributed by atoms with Crippen molar-refractivity contribution in [1.29, 1.82) is 0 Å². The van der Waals surface area contributed by atoms with Gasteiger partial charge in [-0.25, -0.2) is 0 Å². The van der Waals surface area contributed by atoms with Gasteiger partial charge in [0.25, 0.3) is 0 Å². The molecule has 0 aliphatic carbocycles. The van der Waals surface area contributed by atoms with Gasteiger partial charge in [-0.3, -0.25) is 4.68 Å². The Hall–Kier alpha value is -0.310. The zero-order valence-corrected chi connectivity index (χ0v) is 9.26. The Bertz CT molecular complexity index is 243. The molecular weight excluding hydrogens is 216 g/mol. The molecule has 2 nitrogen and oxygen atoms in total. The van der Waals surface area contributed by atoms with Crippen LogP contribution in [-0.2, 0) is 13.0 Å². The molecule has 1 aromatic heterocycles. The van der Waals surface area contributed by atoms with E-state index in [4.69, 9.17) is 0 Å². The first-order chi connectivity index (χ1) is 5.77. The highest BCUT2D eigenvalue weighted by Crippen LogP contribution is 2.07. The third-order valence-electron chi connectivity index (χ3n) is 1.85. The summed E-state index contributed by atoms with van der Waals surface area (Å²) in [5.41, 5.74) is 2.48. The van der Waals surface area contributed by atoms with Gasteiger partial charge in [-0.05, 0) is 32.8 Å². The summed E-state index contributed by atoms with van der Waals surface area (Å²) in [6.45, 7) is 5.15. The van der Waals surface area contributed by atoms with E-state index in [1.54, 1.807) is 0 Å². The summed E-state index contributed by atoms with van der Waals surface area (Å²) >= 11 is 3.43. The normalized spacial score (nSPS) is 10.6. The molecule has 0 radical (unpaired) electrons. The van der Waals surface area contributed by atoms with Gasteiger partial charge >= 0.3 is 0 Å². The van der Waals surface area contributed by atoms with Crippen molar-refractivity contribution in [3.05, 3.63) is 17.5 Å². The smallest absolute Gasteiger partial charge is 0.0596 e. The predicted molar refractivity (Wildman–Crippen MR) is 54.8 cm³/mol. The van der Waals surface area contributed by atoms with Crippen LogP contribution in [0.5, 0.6) is 0 Å². The second-order valence-corrected chi connectivity index (χ2v) is 3.68. The van der Waals surface area contributed by atoms with Gasteiger partial charge in [0.15, 0.2) is 0 Å². The van der Waals surface area contributed by atoms with Gasteiger partial charge in [-0.1, -0.05) is 15.9 Å². The molecule has 0 amide bonds. The van der Waals surface area contributed by atoms with Crippen LogP contribution in [0.1, 0.15) is 24.7 Å². The van der Waals surface area contributed by atoms with Crippen molar-refractivity contribution in [3.8, 4) is 0 Å². The first-order valence-corrected chi connectivity index (χ1v) is 5.49. The maximum absolute atomic E-state index is 4.38. The van der Waals surface area contributed by atoms with Gasteiger partial charge < -0.3 is 0 Å². The third kappa shape index (κ3) is 2.34. The molecule has 0 fully saturated rings. The fourth-order valence-electron chi connectivity index (χ4n) is 1.32. The van der Waals surface area contributed by atoms with Crippen molar-refractivity contribution in [3.63, 3.8) is 0 Å². The summed E-state index contributed by atoms with van der Waals surface area (Å²) in [5.74, 6) is 0. The minimum absolute atomic E-state index is 0.978. The molecule has 1 aromatic rings. The van der Waals surface area contributed by atoms with Gasteiger partial charge in [0, 0.05) is 17.6 Å². The number of aryl methyl sites for hydroxylation is 3. The van der Waals surface area contributed by atoms with Crippen molar-refractivity contribution >= 4 is 15.9 Å². The average Bonchev–Trinajstić information content (AvgIpc) is 2.42. The molecule has 0 bridgehead atoms. The van der Waals surface area contributed by atoms with Crippen LogP contribution in [0.15, 0.2) is 6.07 Å². The number of hydrogen-bond donors (Lipinski definition) is 0. The van der Waals surface area contributed by atoms with E-state index in [0.29, 0.717) is 0 Å². The van der Waals surface area contributed by atoms with Crippen LogP contribution in [-0.4, -0.2) is 15.1 Å². The van der Waals surface area contributed by atoms with E-state index in [2.05, 4.69) is 38.7 Å². The molecule has 0 N–H and O–H groups in total. The maximum Gasteiger partial charge on any atom is 0.0596 e. The number of halogens is 1. The Labute approximate surface area is 82.1 Å². The second-order valence-electron chi connectivity index (χ2n) is 2.89. The van der Waals surface area contributed by atoms with E-state index in [0.717, 1.165) is 24.0 Å². The summed E-state index contributed by atoms with van der Waals surface area (Å²) in [5, 5.41) is 5.45. The Morgan fingerprint density at radius 2 is 2.33 bits per heavy atom. The third-order valence-corrected chi connectivity index (χ3v) is 2.41. The minimum atomic E-state index is 0.978. The number of aromatic nitrogens is 2. The molecule has 1 heterocycles. The molecular formula is C9H15BrN2. The van der Waals surface area contributed by atoms with Crippen LogP contribution >= 0.6 is 15.9 Å². The summed E-state index contributed by atoms with van der Waals surface area (Å²) in [7, 11) is 0. The molecule has 0 unspecified atom stereocenters. The average molecular weight is 231 g/mol. The Kier molecular flexibility index (Phi) is 3.79. The Balaban J connectivity index is 2.68. The van der Waals surface area contributed by atoms with Crippen molar-refractivity contribution in [2.75, 3.05) is 5.33 Å². The zero-order chi connectivity index (χ0) is 8.97. The van der Waals surface area contributed by atoms with E-state index >= 15 is 0 Å². The second kappa shape index (κ2) is 4.65. The first-order valence-electron chi connectivity index (χ1n) is 4.37. The molecule has 68 valence electrons. The van der Waals surface area contributed by atoms with E-state index in [1.807, 2.05) is 6.92 Å². The maximum atomic E-state index is 4.38. The highest BCUT2D eigenvalue weighted by atomic mass is 79.9. The molecule has 12 heavy (non-hydrogen) atoms. The van der Waals surface area contributed by atoms with Crippen molar-refractivity contribution < 1.29 is 0 Å². The van der Waals surface area contributed by atoms with Crippen LogP contribution in [0.4, 0.5) is 0 Å². The quantitative estimate of drug-likeness (QED) is 0.728. The lowest BCUT2D eigenvalue weighted by Gasteiger charge is -2.01. The van der Waals surface area contributed by atoms with E-state index in [9.17, 15) is 0 Å². The van der Waals surface area contributed by atoms with Crippen LogP contribution in [0.2, 0.25) is 0 Å². The van der Waals surface area contributed by atoms with Crippen molar-refractivity contribution in [1.82, 2.24) is 9.78 Å². The van der Waals surface area contributed by atoms with Gasteiger partial charge in [0.2, 0.25) is 0 Å². The fourth-order valence-corrected chi connectivity index (χ4v) is 1.60. The van der Waals surface area contributed by atoms with Crippen LogP contribution in [0, 0.1) is 6.92 Å². The van der Waals surface area contributed by atoms with Gasteiger partial charge in [-0.15, -0.1) is 0 Å². The summed E-state index contributed by atoms with van der Waals surface area (Å²) in [6.07, 6.45) is 2.31. The van der Waals surface area contributed by atoms with Gasteiger partial charge in [-0.2, -0.15) is 5.10 Å². The largest absolute Gasteiger partial charge is 0.270 e. The number of hydrogen-bond acceptors (Lipinski definition) is 1. The fraction of sp³-hybridized carbons (Fsp3) is 0.667. The lowest BCUT2D eigenvalue weighted by Crippen LogP contribution is -2.02. The molecule has 0 aliphatic heterocycles. The highest BCUT2D eigenvalue weighted by molar-refractivity contribution is 9.09.